The van der Waals surface area contributed by atoms with Crippen LogP contribution in [0.15, 0.2) is 35.7 Å². The predicted octanol–water partition coefficient (Wildman–Crippen LogP) is 2.68. The molecule has 106 valence electrons. The third-order valence-corrected chi connectivity index (χ3v) is 4.27. The minimum atomic E-state index is 0.0337. The summed E-state index contributed by atoms with van der Waals surface area (Å²) in [4.78, 5) is 15.3. The summed E-state index contributed by atoms with van der Waals surface area (Å²) in [6, 6.07) is 9.87. The van der Waals surface area contributed by atoms with Crippen molar-refractivity contribution in [3.63, 3.8) is 0 Å². The Hall–Kier alpha value is -2.09. The zero-order valence-electron chi connectivity index (χ0n) is 11.5. The van der Waals surface area contributed by atoms with Gasteiger partial charge in [-0.25, -0.2) is 0 Å². The molecule has 0 radical (unpaired) electrons. The summed E-state index contributed by atoms with van der Waals surface area (Å²) in [5.41, 5.74) is 2.93. The molecule has 3 rings (SSSR count). The zero-order valence-corrected chi connectivity index (χ0v) is 12.3. The molecule has 2 aromatic rings. The van der Waals surface area contributed by atoms with Gasteiger partial charge in [-0.3, -0.25) is 4.79 Å². The van der Waals surface area contributed by atoms with E-state index in [1.165, 1.54) is 16.9 Å². The number of carbonyl (C=O) groups excluding carboxylic acids is 1. The molecule has 2 heterocycles. The summed E-state index contributed by atoms with van der Waals surface area (Å²) in [7, 11) is 0. The average Bonchev–Trinajstić information content (AvgIpc) is 3.14. The quantitative estimate of drug-likeness (QED) is 0.866. The third-order valence-electron chi connectivity index (χ3n) is 3.43. The molecule has 1 N–H and O–H groups in total. The molecule has 0 saturated carbocycles. The summed E-state index contributed by atoms with van der Waals surface area (Å²) < 4.78 is 0. The maximum Gasteiger partial charge on any atom is 0.259 e. The SMILES string of the molecule is O=C(c1csc(C#CCCO)c1)N1CCc2ccccc21. The van der Waals surface area contributed by atoms with Crippen molar-refractivity contribution in [1.29, 1.82) is 0 Å². The van der Waals surface area contributed by atoms with E-state index in [4.69, 9.17) is 5.11 Å². The number of rotatable bonds is 2. The molecule has 0 unspecified atom stereocenters. The maximum absolute atomic E-state index is 12.6. The number of para-hydroxylation sites is 1. The highest BCUT2D eigenvalue weighted by atomic mass is 32.1. The Kier molecular flexibility index (Phi) is 4.05. The van der Waals surface area contributed by atoms with Gasteiger partial charge < -0.3 is 10.0 Å². The van der Waals surface area contributed by atoms with Crippen molar-refractivity contribution in [2.45, 2.75) is 12.8 Å². The number of thiophene rings is 1. The first-order chi connectivity index (χ1) is 10.3. The van der Waals surface area contributed by atoms with E-state index in [2.05, 4.69) is 17.9 Å². The van der Waals surface area contributed by atoms with E-state index in [1.807, 2.05) is 34.5 Å². The predicted molar refractivity (Wildman–Crippen MR) is 84.7 cm³/mol. The van der Waals surface area contributed by atoms with Crippen molar-refractivity contribution in [3.8, 4) is 11.8 Å². The number of nitrogens with zero attached hydrogens (tertiary/aromatic N) is 1. The molecule has 0 bridgehead atoms. The Labute approximate surface area is 127 Å². The summed E-state index contributed by atoms with van der Waals surface area (Å²) in [6.07, 6.45) is 1.37. The number of amides is 1. The molecule has 21 heavy (non-hydrogen) atoms. The normalized spacial score (nSPS) is 12.7. The second-order valence-corrected chi connectivity index (χ2v) is 5.72. The smallest absolute Gasteiger partial charge is 0.259 e. The second-order valence-electron chi connectivity index (χ2n) is 4.81. The molecule has 1 amide bonds. The van der Waals surface area contributed by atoms with Crippen LogP contribution in [-0.2, 0) is 6.42 Å². The first-order valence-electron chi connectivity index (χ1n) is 6.87. The molecule has 1 aromatic heterocycles. The fourth-order valence-electron chi connectivity index (χ4n) is 2.42. The summed E-state index contributed by atoms with van der Waals surface area (Å²) in [5, 5.41) is 10.6. The largest absolute Gasteiger partial charge is 0.395 e. The third kappa shape index (κ3) is 2.85. The van der Waals surface area contributed by atoms with Crippen molar-refractivity contribution in [2.75, 3.05) is 18.1 Å². The Morgan fingerprint density at radius 3 is 3.10 bits per heavy atom. The highest BCUT2D eigenvalue weighted by Crippen LogP contribution is 2.29. The molecular formula is C17H15NO2S. The lowest BCUT2D eigenvalue weighted by Gasteiger charge is -2.16. The van der Waals surface area contributed by atoms with E-state index in [0.29, 0.717) is 12.0 Å². The number of aliphatic hydroxyl groups is 1. The van der Waals surface area contributed by atoms with Crippen molar-refractivity contribution < 1.29 is 9.90 Å². The van der Waals surface area contributed by atoms with Gasteiger partial charge in [0.1, 0.15) is 0 Å². The van der Waals surface area contributed by atoms with Crippen LogP contribution in [0.3, 0.4) is 0 Å². The van der Waals surface area contributed by atoms with E-state index in [1.54, 1.807) is 0 Å². The number of anilines is 1. The molecule has 0 saturated heterocycles. The lowest BCUT2D eigenvalue weighted by atomic mass is 10.2. The number of benzene rings is 1. The minimum absolute atomic E-state index is 0.0337. The van der Waals surface area contributed by atoms with Crippen molar-refractivity contribution in [3.05, 3.63) is 51.7 Å². The van der Waals surface area contributed by atoms with Gasteiger partial charge in [-0.05, 0) is 24.1 Å². The molecule has 0 fully saturated rings. The van der Waals surface area contributed by atoms with Crippen LogP contribution in [0.5, 0.6) is 0 Å². The van der Waals surface area contributed by atoms with Crippen LogP contribution in [0.25, 0.3) is 0 Å². The van der Waals surface area contributed by atoms with Crippen LogP contribution in [0.4, 0.5) is 5.69 Å². The highest BCUT2D eigenvalue weighted by Gasteiger charge is 2.25. The summed E-state index contributed by atoms with van der Waals surface area (Å²) >= 11 is 1.47. The molecule has 0 atom stereocenters. The van der Waals surface area contributed by atoms with Gasteiger partial charge in [0.05, 0.1) is 17.0 Å². The zero-order chi connectivity index (χ0) is 14.7. The van der Waals surface area contributed by atoms with Gasteiger partial charge in [0.2, 0.25) is 0 Å². The topological polar surface area (TPSA) is 40.5 Å². The fraction of sp³-hybridized carbons (Fsp3) is 0.235. The van der Waals surface area contributed by atoms with Gasteiger partial charge >= 0.3 is 0 Å². The molecule has 1 aliphatic heterocycles. The monoisotopic (exact) mass is 297 g/mol. The lowest BCUT2D eigenvalue weighted by molar-refractivity contribution is 0.0990. The van der Waals surface area contributed by atoms with Gasteiger partial charge in [-0.2, -0.15) is 0 Å². The summed E-state index contributed by atoms with van der Waals surface area (Å²) in [5.74, 6) is 5.88. The number of fused-ring (bicyclic) bond motifs is 1. The Balaban J connectivity index is 1.80. The van der Waals surface area contributed by atoms with Crippen molar-refractivity contribution in [2.24, 2.45) is 0 Å². The molecule has 4 heteroatoms. The summed E-state index contributed by atoms with van der Waals surface area (Å²) in [6.45, 7) is 0.800. The molecule has 0 aliphatic carbocycles. The first-order valence-corrected chi connectivity index (χ1v) is 7.75. The first kappa shape index (κ1) is 13.9. The Bertz CT molecular complexity index is 724. The van der Waals surface area contributed by atoms with Gasteiger partial charge in [0.25, 0.3) is 5.91 Å². The van der Waals surface area contributed by atoms with Crippen LogP contribution < -0.4 is 4.90 Å². The lowest BCUT2D eigenvalue weighted by Crippen LogP contribution is -2.28. The van der Waals surface area contributed by atoms with Gasteiger partial charge in [-0.1, -0.05) is 30.0 Å². The van der Waals surface area contributed by atoms with Crippen LogP contribution in [0.1, 0.15) is 27.2 Å². The molecule has 0 spiro atoms. The van der Waals surface area contributed by atoms with E-state index < -0.39 is 0 Å². The minimum Gasteiger partial charge on any atom is -0.395 e. The van der Waals surface area contributed by atoms with Crippen LogP contribution >= 0.6 is 11.3 Å². The molecular weight excluding hydrogens is 282 g/mol. The van der Waals surface area contributed by atoms with E-state index >= 15 is 0 Å². The average molecular weight is 297 g/mol. The highest BCUT2D eigenvalue weighted by molar-refractivity contribution is 7.10. The number of aliphatic hydroxyl groups excluding tert-OH is 1. The standard InChI is InChI=1S/C17H15NO2S/c19-10-4-3-6-15-11-14(12-21-15)17(20)18-9-8-13-5-1-2-7-16(13)18/h1-2,5,7,11-12,19H,4,8-10H2. The molecule has 1 aromatic carbocycles. The Morgan fingerprint density at radius 1 is 1.38 bits per heavy atom. The van der Waals surface area contributed by atoms with Crippen molar-refractivity contribution >= 4 is 22.9 Å². The fourth-order valence-corrected chi connectivity index (χ4v) is 3.17. The van der Waals surface area contributed by atoms with Gasteiger partial charge in [0.15, 0.2) is 0 Å². The second kappa shape index (κ2) is 6.13. The van der Waals surface area contributed by atoms with Gasteiger partial charge in [0, 0.05) is 24.0 Å². The number of hydrogen-bond acceptors (Lipinski definition) is 3. The maximum atomic E-state index is 12.6. The van der Waals surface area contributed by atoms with Gasteiger partial charge in [-0.15, -0.1) is 11.3 Å². The van der Waals surface area contributed by atoms with Crippen LogP contribution in [0, 0.1) is 11.8 Å². The van der Waals surface area contributed by atoms with Crippen LogP contribution in [-0.4, -0.2) is 24.2 Å². The van der Waals surface area contributed by atoms with E-state index in [-0.39, 0.29) is 12.5 Å². The Morgan fingerprint density at radius 2 is 2.24 bits per heavy atom. The van der Waals surface area contributed by atoms with Crippen LogP contribution in [0.2, 0.25) is 0 Å². The van der Waals surface area contributed by atoms with E-state index in [0.717, 1.165) is 23.5 Å². The number of hydrogen-bond donors (Lipinski definition) is 1. The number of carbonyl (C=O) groups is 1. The van der Waals surface area contributed by atoms with E-state index in [9.17, 15) is 4.79 Å². The molecule has 1 aliphatic rings. The molecule has 3 nitrogen and oxygen atoms in total. The van der Waals surface area contributed by atoms with Crippen molar-refractivity contribution in [1.82, 2.24) is 0 Å².